The van der Waals surface area contributed by atoms with E-state index in [9.17, 15) is 0 Å². The highest BCUT2D eigenvalue weighted by molar-refractivity contribution is 5.85. The van der Waals surface area contributed by atoms with Crippen LogP contribution in [-0.2, 0) is 0 Å². The van der Waals surface area contributed by atoms with Crippen LogP contribution in [-0.4, -0.2) is 7.05 Å². The minimum Gasteiger partial charge on any atom is -0.388 e. The van der Waals surface area contributed by atoms with Crippen LogP contribution in [0.25, 0.3) is 5.57 Å². The summed E-state index contributed by atoms with van der Waals surface area (Å²) in [5, 5.41) is 3.14. The molecule has 0 aromatic heterocycles. The first-order valence-corrected chi connectivity index (χ1v) is 5.15. The maximum Gasteiger partial charge on any atom is 0.0417 e. The fraction of sp³-hybridized carbons (Fsp3) is 0.0667. The van der Waals surface area contributed by atoms with Crippen molar-refractivity contribution in [1.29, 1.82) is 0 Å². The van der Waals surface area contributed by atoms with E-state index in [1.807, 2.05) is 43.5 Å². The molecule has 0 aliphatic heterocycles. The van der Waals surface area contributed by atoms with Crippen LogP contribution in [0.1, 0.15) is 5.56 Å². The van der Waals surface area contributed by atoms with Crippen LogP contribution in [0, 0.1) is 0 Å². The summed E-state index contributed by atoms with van der Waals surface area (Å²) in [5.74, 6) is 0. The Kier molecular flexibility index (Phi) is 4.34. The summed E-state index contributed by atoms with van der Waals surface area (Å²) in [5.41, 5.74) is 3.94. The van der Waals surface area contributed by atoms with Gasteiger partial charge in [0.15, 0.2) is 0 Å². The molecule has 1 aromatic rings. The van der Waals surface area contributed by atoms with Gasteiger partial charge in [0.25, 0.3) is 0 Å². The number of hydrogen-bond donors (Lipinski definition) is 1. The monoisotopic (exact) mass is 211 g/mol. The Labute approximate surface area is 97.5 Å². The molecule has 0 saturated carbocycles. The van der Waals surface area contributed by atoms with Gasteiger partial charge in [-0.1, -0.05) is 56.2 Å². The third-order valence-electron chi connectivity index (χ3n) is 2.34. The van der Waals surface area contributed by atoms with Crippen LogP contribution in [0.5, 0.6) is 0 Å². The predicted octanol–water partition coefficient (Wildman–Crippen LogP) is 4.04. The second kappa shape index (κ2) is 5.76. The molecule has 1 aromatic carbocycles. The lowest BCUT2D eigenvalue weighted by atomic mass is 9.98. The maximum absolute atomic E-state index is 4.06. The molecule has 16 heavy (non-hydrogen) atoms. The molecule has 0 radical (unpaired) electrons. The van der Waals surface area contributed by atoms with Gasteiger partial charge >= 0.3 is 0 Å². The largest absolute Gasteiger partial charge is 0.388 e. The molecule has 0 atom stereocenters. The molecule has 0 aliphatic carbocycles. The molecule has 0 bridgehead atoms. The number of benzene rings is 1. The van der Waals surface area contributed by atoms with Crippen LogP contribution < -0.4 is 5.32 Å². The molecule has 1 heteroatoms. The van der Waals surface area contributed by atoms with Gasteiger partial charge in [0.2, 0.25) is 0 Å². The Bertz CT molecular complexity index is 439. The van der Waals surface area contributed by atoms with Crippen molar-refractivity contribution in [3.8, 4) is 0 Å². The van der Waals surface area contributed by atoms with Crippen LogP contribution in [0.4, 0.5) is 5.69 Å². The normalized spacial score (nSPS) is 10.1. The van der Waals surface area contributed by atoms with E-state index in [-0.39, 0.29) is 0 Å². The smallest absolute Gasteiger partial charge is 0.0417 e. The highest BCUT2D eigenvalue weighted by atomic mass is 14.8. The summed E-state index contributed by atoms with van der Waals surface area (Å²) in [4.78, 5) is 0. The highest BCUT2D eigenvalue weighted by Gasteiger charge is 2.04. The van der Waals surface area contributed by atoms with E-state index in [0.29, 0.717) is 0 Å². The third-order valence-corrected chi connectivity index (χ3v) is 2.34. The van der Waals surface area contributed by atoms with Crippen molar-refractivity contribution < 1.29 is 0 Å². The first kappa shape index (κ1) is 12.1. The summed E-state index contributed by atoms with van der Waals surface area (Å²) in [7, 11) is 1.90. The van der Waals surface area contributed by atoms with E-state index in [1.54, 1.807) is 6.08 Å². The zero-order chi connectivity index (χ0) is 12.0. The number of rotatable bonds is 5. The van der Waals surface area contributed by atoms with Gasteiger partial charge in [-0.05, 0) is 17.2 Å². The van der Waals surface area contributed by atoms with Gasteiger partial charge in [-0.15, -0.1) is 0 Å². The molecule has 0 heterocycles. The van der Waals surface area contributed by atoms with Gasteiger partial charge in [0.1, 0.15) is 0 Å². The fourth-order valence-corrected chi connectivity index (χ4v) is 1.42. The van der Waals surface area contributed by atoms with E-state index in [2.05, 4.69) is 25.1 Å². The van der Waals surface area contributed by atoms with Crippen molar-refractivity contribution in [3.63, 3.8) is 0 Å². The Morgan fingerprint density at radius 3 is 2.56 bits per heavy atom. The molecule has 1 nitrogen and oxygen atoms in total. The second-order valence-electron chi connectivity index (χ2n) is 3.39. The fourth-order valence-electron chi connectivity index (χ4n) is 1.42. The molecule has 1 N–H and O–H groups in total. The van der Waals surface area contributed by atoms with Gasteiger partial charge in [-0.3, -0.25) is 0 Å². The quantitative estimate of drug-likeness (QED) is 0.725. The van der Waals surface area contributed by atoms with Crippen LogP contribution in [0.2, 0.25) is 0 Å². The van der Waals surface area contributed by atoms with Crippen LogP contribution in [0.15, 0.2) is 67.8 Å². The van der Waals surface area contributed by atoms with E-state index < -0.39 is 0 Å². The van der Waals surface area contributed by atoms with Crippen molar-refractivity contribution in [2.75, 3.05) is 12.4 Å². The molecule has 0 unspecified atom stereocenters. The number of allylic oxidation sites excluding steroid dienone is 5. The highest BCUT2D eigenvalue weighted by Crippen LogP contribution is 2.27. The predicted molar refractivity (Wildman–Crippen MR) is 73.5 cm³/mol. The van der Waals surface area contributed by atoms with Gasteiger partial charge in [-0.25, -0.2) is 0 Å². The van der Waals surface area contributed by atoms with Gasteiger partial charge in [0.05, 0.1) is 0 Å². The van der Waals surface area contributed by atoms with Crippen molar-refractivity contribution >= 4 is 11.3 Å². The van der Waals surface area contributed by atoms with E-state index >= 15 is 0 Å². The number of anilines is 1. The molecule has 0 aliphatic rings. The molecule has 82 valence electrons. The van der Waals surface area contributed by atoms with Gasteiger partial charge < -0.3 is 5.32 Å². The summed E-state index contributed by atoms with van der Waals surface area (Å²) >= 11 is 0. The number of hydrogen-bond acceptors (Lipinski definition) is 1. The van der Waals surface area contributed by atoms with E-state index in [1.165, 1.54) is 0 Å². The van der Waals surface area contributed by atoms with Crippen molar-refractivity contribution in [2.24, 2.45) is 0 Å². The zero-order valence-corrected chi connectivity index (χ0v) is 9.66. The first-order valence-electron chi connectivity index (χ1n) is 5.15. The average molecular weight is 211 g/mol. The molecule has 0 spiro atoms. The molecule has 0 saturated heterocycles. The van der Waals surface area contributed by atoms with E-state index in [0.717, 1.165) is 22.4 Å². The SMILES string of the molecule is C=CC=CC(=C)C(=C)c1ccccc1NC. The first-order chi connectivity index (χ1) is 7.70. The molecule has 1 rings (SSSR count). The Morgan fingerprint density at radius 2 is 1.94 bits per heavy atom. The lowest BCUT2D eigenvalue weighted by Crippen LogP contribution is -1.94. The average Bonchev–Trinajstić information content (AvgIpc) is 2.34. The van der Waals surface area contributed by atoms with Crippen molar-refractivity contribution in [3.05, 3.63) is 73.4 Å². The van der Waals surface area contributed by atoms with Crippen molar-refractivity contribution in [2.45, 2.75) is 0 Å². The topological polar surface area (TPSA) is 12.0 Å². The molecule has 0 fully saturated rings. The van der Waals surface area contributed by atoms with Gasteiger partial charge in [0, 0.05) is 18.3 Å². The third kappa shape index (κ3) is 2.74. The lowest BCUT2D eigenvalue weighted by molar-refractivity contribution is 1.47. The van der Waals surface area contributed by atoms with E-state index in [4.69, 9.17) is 0 Å². The Hall–Kier alpha value is -2.02. The zero-order valence-electron chi connectivity index (χ0n) is 9.66. The minimum atomic E-state index is 0.891. The Balaban J connectivity index is 3.00. The van der Waals surface area contributed by atoms with Gasteiger partial charge in [-0.2, -0.15) is 0 Å². The maximum atomic E-state index is 4.06. The number of nitrogens with one attached hydrogen (secondary N) is 1. The lowest BCUT2D eigenvalue weighted by Gasteiger charge is -2.11. The van der Waals surface area contributed by atoms with Crippen molar-refractivity contribution in [1.82, 2.24) is 0 Å². The number of para-hydroxylation sites is 1. The summed E-state index contributed by atoms with van der Waals surface area (Å²) in [6, 6.07) is 8.03. The Morgan fingerprint density at radius 1 is 1.25 bits per heavy atom. The van der Waals surface area contributed by atoms with Crippen LogP contribution >= 0.6 is 0 Å². The summed E-state index contributed by atoms with van der Waals surface area (Å²) in [6.07, 6.45) is 5.49. The molecular weight excluding hydrogens is 194 g/mol. The van der Waals surface area contributed by atoms with Crippen LogP contribution in [0.3, 0.4) is 0 Å². The molecule has 0 amide bonds. The summed E-state index contributed by atoms with van der Waals surface area (Å²) < 4.78 is 0. The standard InChI is InChI=1S/C15H17N/c1-5-6-9-12(2)13(3)14-10-7-8-11-15(14)16-4/h5-11,16H,1-3H2,4H3. The second-order valence-corrected chi connectivity index (χ2v) is 3.39. The minimum absolute atomic E-state index is 0.891. The summed E-state index contributed by atoms with van der Waals surface area (Å²) in [6.45, 7) is 11.7. The molecular formula is C15H17N.